The van der Waals surface area contributed by atoms with Crippen molar-refractivity contribution in [2.45, 2.75) is 31.3 Å². The summed E-state index contributed by atoms with van der Waals surface area (Å²) in [5.74, 6) is -1.53. The third kappa shape index (κ3) is 2.37. The van der Waals surface area contributed by atoms with Crippen molar-refractivity contribution in [3.05, 3.63) is 35.4 Å². The molecule has 2 N–H and O–H groups in total. The van der Waals surface area contributed by atoms with Crippen LogP contribution >= 0.6 is 0 Å². The maximum absolute atomic E-state index is 12.2. The van der Waals surface area contributed by atoms with Crippen LogP contribution in [0.5, 0.6) is 0 Å². The number of carboxylic acids is 1. The van der Waals surface area contributed by atoms with Crippen LogP contribution in [0.1, 0.15) is 30.0 Å². The van der Waals surface area contributed by atoms with E-state index in [-0.39, 0.29) is 11.9 Å². The molecule has 21 heavy (non-hydrogen) atoms. The molecule has 0 bridgehead atoms. The van der Waals surface area contributed by atoms with Crippen LogP contribution in [0, 0.1) is 0 Å². The third-order valence-corrected chi connectivity index (χ3v) is 4.14. The summed E-state index contributed by atoms with van der Waals surface area (Å²) >= 11 is 0. The summed E-state index contributed by atoms with van der Waals surface area (Å²) in [5, 5.41) is 11.0. The van der Waals surface area contributed by atoms with Crippen molar-refractivity contribution in [1.29, 1.82) is 0 Å². The van der Waals surface area contributed by atoms with Crippen LogP contribution in [0.4, 0.5) is 0 Å². The van der Waals surface area contributed by atoms with Crippen LogP contribution in [0.25, 0.3) is 0 Å². The van der Waals surface area contributed by atoms with Crippen molar-refractivity contribution < 1.29 is 19.5 Å². The summed E-state index contributed by atoms with van der Waals surface area (Å²) < 4.78 is 0. The maximum Gasteiger partial charge on any atom is 0.322 e. The minimum Gasteiger partial charge on any atom is -0.480 e. The van der Waals surface area contributed by atoms with Gasteiger partial charge in [0.15, 0.2) is 0 Å². The number of benzene rings is 1. The smallest absolute Gasteiger partial charge is 0.322 e. The molecule has 2 amide bonds. The topological polar surface area (TPSA) is 86.7 Å². The molecule has 0 aliphatic carbocycles. The average molecular weight is 288 g/mol. The molecule has 1 aromatic carbocycles. The molecule has 1 fully saturated rings. The Bertz CT molecular complexity index is 613. The number of amides is 2. The van der Waals surface area contributed by atoms with E-state index in [4.69, 9.17) is 5.11 Å². The maximum atomic E-state index is 12.2. The van der Waals surface area contributed by atoms with Crippen LogP contribution in [0.2, 0.25) is 0 Å². The fraction of sp³-hybridized carbons (Fsp3) is 0.400. The number of rotatable bonds is 3. The molecule has 110 valence electrons. The average Bonchev–Trinajstić information content (AvgIpc) is 2.86. The number of fused-ring (bicyclic) bond motifs is 3. The van der Waals surface area contributed by atoms with E-state index in [2.05, 4.69) is 5.32 Å². The Morgan fingerprint density at radius 1 is 1.33 bits per heavy atom. The fourth-order valence-electron chi connectivity index (χ4n) is 3.25. The lowest BCUT2D eigenvalue weighted by molar-refractivity contribution is -0.142. The standard InChI is InChI=1S/C15H16N2O4/c18-13-6-5-11-10-4-2-1-3-9(10)7-12(17(11)13)15(21)16-8-14(19)20/h1-4,11-12H,5-8H2,(H,16,21)(H,19,20)/t11-,12+/m1/s1. The summed E-state index contributed by atoms with van der Waals surface area (Å²) in [6.07, 6.45) is 1.57. The molecule has 6 nitrogen and oxygen atoms in total. The van der Waals surface area contributed by atoms with Gasteiger partial charge in [0.25, 0.3) is 0 Å². The highest BCUT2D eigenvalue weighted by molar-refractivity contribution is 5.91. The van der Waals surface area contributed by atoms with E-state index < -0.39 is 24.5 Å². The summed E-state index contributed by atoms with van der Waals surface area (Å²) in [4.78, 5) is 36.5. The molecule has 2 heterocycles. The molecule has 6 heteroatoms. The normalized spacial score (nSPS) is 23.4. The zero-order valence-corrected chi connectivity index (χ0v) is 11.4. The Morgan fingerprint density at radius 3 is 2.86 bits per heavy atom. The van der Waals surface area contributed by atoms with Gasteiger partial charge in [0.2, 0.25) is 11.8 Å². The molecule has 2 atom stereocenters. The first-order valence-electron chi connectivity index (χ1n) is 6.96. The van der Waals surface area contributed by atoms with E-state index in [0.717, 1.165) is 11.1 Å². The SMILES string of the molecule is O=C(O)CNC(=O)[C@@H]1Cc2ccccc2[C@H]2CCC(=O)N21. The zero-order valence-electron chi connectivity index (χ0n) is 11.4. The summed E-state index contributed by atoms with van der Waals surface area (Å²) in [6, 6.07) is 7.13. The van der Waals surface area contributed by atoms with Crippen LogP contribution in [0.3, 0.4) is 0 Å². The van der Waals surface area contributed by atoms with E-state index in [9.17, 15) is 14.4 Å². The number of aliphatic carboxylic acids is 1. The minimum atomic E-state index is -1.09. The van der Waals surface area contributed by atoms with E-state index in [1.54, 1.807) is 4.90 Å². The van der Waals surface area contributed by atoms with E-state index >= 15 is 0 Å². The first-order chi connectivity index (χ1) is 10.1. The second kappa shape index (κ2) is 5.20. The largest absolute Gasteiger partial charge is 0.480 e. The number of carbonyl (C=O) groups excluding carboxylic acids is 2. The van der Waals surface area contributed by atoms with Crippen LogP contribution in [-0.4, -0.2) is 40.4 Å². The van der Waals surface area contributed by atoms with Crippen LogP contribution in [0.15, 0.2) is 24.3 Å². The first-order valence-corrected chi connectivity index (χ1v) is 6.96. The van der Waals surface area contributed by atoms with Crippen LogP contribution < -0.4 is 5.32 Å². The van der Waals surface area contributed by atoms with Gasteiger partial charge in [-0.05, 0) is 17.5 Å². The molecule has 0 spiro atoms. The van der Waals surface area contributed by atoms with Gasteiger partial charge in [-0.2, -0.15) is 0 Å². The van der Waals surface area contributed by atoms with Gasteiger partial charge in [0, 0.05) is 12.8 Å². The van der Waals surface area contributed by atoms with Crippen molar-refractivity contribution in [2.75, 3.05) is 6.54 Å². The predicted molar refractivity (Wildman–Crippen MR) is 73.4 cm³/mol. The summed E-state index contributed by atoms with van der Waals surface area (Å²) in [7, 11) is 0. The van der Waals surface area contributed by atoms with E-state index in [1.807, 2.05) is 24.3 Å². The highest BCUT2D eigenvalue weighted by atomic mass is 16.4. The second-order valence-corrected chi connectivity index (χ2v) is 5.39. The number of hydrogen-bond acceptors (Lipinski definition) is 3. The van der Waals surface area contributed by atoms with Gasteiger partial charge in [-0.25, -0.2) is 0 Å². The summed E-state index contributed by atoms with van der Waals surface area (Å²) in [5.41, 5.74) is 2.16. The zero-order chi connectivity index (χ0) is 15.0. The van der Waals surface area contributed by atoms with Gasteiger partial charge < -0.3 is 15.3 Å². The number of carboxylic acid groups (broad SMARTS) is 1. The molecular weight excluding hydrogens is 272 g/mol. The summed E-state index contributed by atoms with van der Waals surface area (Å²) in [6.45, 7) is -0.427. The first kappa shape index (κ1) is 13.6. The molecular formula is C15H16N2O4. The predicted octanol–water partition coefficient (Wildman–Crippen LogP) is 0.476. The Balaban J connectivity index is 1.89. The fourth-order valence-corrected chi connectivity index (χ4v) is 3.25. The number of carbonyl (C=O) groups is 3. The van der Waals surface area contributed by atoms with E-state index in [0.29, 0.717) is 19.3 Å². The minimum absolute atomic E-state index is 0.0371. The highest BCUT2D eigenvalue weighted by Crippen LogP contribution is 2.40. The highest BCUT2D eigenvalue weighted by Gasteiger charge is 2.44. The third-order valence-electron chi connectivity index (χ3n) is 4.14. The monoisotopic (exact) mass is 288 g/mol. The number of nitrogens with zero attached hydrogens (tertiary/aromatic N) is 1. The molecule has 0 saturated carbocycles. The van der Waals surface area contributed by atoms with Crippen molar-refractivity contribution in [3.63, 3.8) is 0 Å². The number of hydrogen-bond donors (Lipinski definition) is 2. The lowest BCUT2D eigenvalue weighted by Crippen LogP contribution is -2.52. The molecule has 0 unspecified atom stereocenters. The molecule has 0 aromatic heterocycles. The Labute approximate surface area is 121 Å². The van der Waals surface area contributed by atoms with E-state index in [1.165, 1.54) is 0 Å². The second-order valence-electron chi connectivity index (χ2n) is 5.39. The van der Waals surface area contributed by atoms with Gasteiger partial charge >= 0.3 is 5.97 Å². The van der Waals surface area contributed by atoms with Gasteiger partial charge in [-0.15, -0.1) is 0 Å². The Hall–Kier alpha value is -2.37. The number of nitrogens with one attached hydrogen (secondary N) is 1. The van der Waals surface area contributed by atoms with Gasteiger partial charge in [-0.3, -0.25) is 14.4 Å². The van der Waals surface area contributed by atoms with Crippen molar-refractivity contribution in [3.8, 4) is 0 Å². The lowest BCUT2D eigenvalue weighted by atomic mass is 9.88. The molecule has 2 aliphatic rings. The molecule has 1 saturated heterocycles. The lowest BCUT2D eigenvalue weighted by Gasteiger charge is -2.38. The van der Waals surface area contributed by atoms with Crippen molar-refractivity contribution in [1.82, 2.24) is 10.2 Å². The van der Waals surface area contributed by atoms with Crippen molar-refractivity contribution in [2.24, 2.45) is 0 Å². The molecule has 3 rings (SSSR count). The molecule has 1 aromatic rings. The van der Waals surface area contributed by atoms with Crippen molar-refractivity contribution >= 4 is 17.8 Å². The quantitative estimate of drug-likeness (QED) is 0.846. The Morgan fingerprint density at radius 2 is 2.10 bits per heavy atom. The molecule has 2 aliphatic heterocycles. The van der Waals surface area contributed by atoms with Gasteiger partial charge in [0.1, 0.15) is 12.6 Å². The Kier molecular flexibility index (Phi) is 3.37. The molecule has 0 radical (unpaired) electrons. The van der Waals surface area contributed by atoms with Gasteiger partial charge in [-0.1, -0.05) is 24.3 Å². The van der Waals surface area contributed by atoms with Crippen LogP contribution in [-0.2, 0) is 20.8 Å². The van der Waals surface area contributed by atoms with Gasteiger partial charge in [0.05, 0.1) is 6.04 Å².